The molecular formula is C14H20N2O2. The van der Waals surface area contributed by atoms with E-state index in [1.165, 1.54) is 12.8 Å². The molecule has 1 amide bonds. The van der Waals surface area contributed by atoms with E-state index in [0.717, 1.165) is 5.75 Å². The fraction of sp³-hybridized carbons (Fsp3) is 0.500. The minimum atomic E-state index is 0.137. The summed E-state index contributed by atoms with van der Waals surface area (Å²) in [5, 5.41) is 2.90. The third kappa shape index (κ3) is 3.65. The second kappa shape index (κ2) is 5.76. The molecule has 0 aromatic heterocycles. The summed E-state index contributed by atoms with van der Waals surface area (Å²) in [6, 6.07) is 7.24. The van der Waals surface area contributed by atoms with Crippen LogP contribution in [0.5, 0.6) is 5.75 Å². The Hall–Kier alpha value is -1.71. The first-order chi connectivity index (χ1) is 8.66. The molecule has 0 bridgehead atoms. The molecule has 2 rings (SSSR count). The summed E-state index contributed by atoms with van der Waals surface area (Å²) >= 11 is 0. The lowest BCUT2D eigenvalue weighted by Crippen LogP contribution is -2.33. The minimum Gasteiger partial charge on any atom is -0.492 e. The number of hydrogen-bond acceptors (Lipinski definition) is 3. The van der Waals surface area contributed by atoms with E-state index in [1.54, 1.807) is 12.1 Å². The standard InChI is InChI=1S/C14H20N2O2/c1-10(11-2-3-11)14(17)16-8-9-18-13-6-4-12(15)5-7-13/h4-7,10-11H,2-3,8-9,15H2,1H3,(H,16,17). The summed E-state index contributed by atoms with van der Waals surface area (Å²) in [7, 11) is 0. The van der Waals surface area contributed by atoms with Crippen LogP contribution in [0.25, 0.3) is 0 Å². The zero-order valence-corrected chi connectivity index (χ0v) is 10.7. The van der Waals surface area contributed by atoms with Gasteiger partial charge in [0, 0.05) is 11.6 Å². The van der Waals surface area contributed by atoms with Crippen LogP contribution in [0.2, 0.25) is 0 Å². The molecule has 3 N–H and O–H groups in total. The fourth-order valence-electron chi connectivity index (χ4n) is 1.88. The molecule has 4 heteroatoms. The Labute approximate surface area is 108 Å². The highest BCUT2D eigenvalue weighted by Crippen LogP contribution is 2.36. The number of nitrogens with two attached hydrogens (primary N) is 1. The maximum Gasteiger partial charge on any atom is 0.223 e. The van der Waals surface area contributed by atoms with E-state index in [4.69, 9.17) is 10.5 Å². The lowest BCUT2D eigenvalue weighted by molar-refractivity contribution is -0.125. The van der Waals surface area contributed by atoms with Crippen molar-refractivity contribution in [3.63, 3.8) is 0 Å². The van der Waals surface area contributed by atoms with Crippen molar-refractivity contribution < 1.29 is 9.53 Å². The number of anilines is 1. The monoisotopic (exact) mass is 248 g/mol. The lowest BCUT2D eigenvalue weighted by atomic mass is 10.1. The van der Waals surface area contributed by atoms with Crippen LogP contribution in [0.3, 0.4) is 0 Å². The van der Waals surface area contributed by atoms with Crippen LogP contribution >= 0.6 is 0 Å². The maximum atomic E-state index is 11.7. The number of nitrogens with one attached hydrogen (secondary N) is 1. The number of nitrogen functional groups attached to an aromatic ring is 1. The van der Waals surface area contributed by atoms with Crippen LogP contribution in [0.1, 0.15) is 19.8 Å². The Kier molecular flexibility index (Phi) is 4.07. The second-order valence-corrected chi connectivity index (χ2v) is 4.83. The predicted molar refractivity (Wildman–Crippen MR) is 71.2 cm³/mol. The molecule has 1 atom stereocenters. The van der Waals surface area contributed by atoms with Gasteiger partial charge in [-0.1, -0.05) is 6.92 Å². The van der Waals surface area contributed by atoms with Gasteiger partial charge < -0.3 is 15.8 Å². The third-order valence-electron chi connectivity index (χ3n) is 3.29. The van der Waals surface area contributed by atoms with Crippen molar-refractivity contribution in [1.82, 2.24) is 5.32 Å². The highest BCUT2D eigenvalue weighted by atomic mass is 16.5. The van der Waals surface area contributed by atoms with Gasteiger partial charge in [-0.15, -0.1) is 0 Å². The molecule has 0 heterocycles. The average Bonchev–Trinajstić information content (AvgIpc) is 3.20. The molecule has 0 saturated heterocycles. The number of hydrogen-bond donors (Lipinski definition) is 2. The normalized spacial score (nSPS) is 16.1. The van der Waals surface area contributed by atoms with Crippen LogP contribution in [0, 0.1) is 11.8 Å². The molecule has 4 nitrogen and oxygen atoms in total. The Balaban J connectivity index is 1.63. The van der Waals surface area contributed by atoms with Gasteiger partial charge in [-0.05, 0) is 43.0 Å². The smallest absolute Gasteiger partial charge is 0.223 e. The first-order valence-corrected chi connectivity index (χ1v) is 6.43. The Morgan fingerprint density at radius 2 is 2.11 bits per heavy atom. The van der Waals surface area contributed by atoms with Crippen LogP contribution in [0.4, 0.5) is 5.69 Å². The molecule has 1 aliphatic rings. The van der Waals surface area contributed by atoms with Crippen molar-refractivity contribution in [2.75, 3.05) is 18.9 Å². The predicted octanol–water partition coefficient (Wildman–Crippen LogP) is 1.81. The Bertz CT molecular complexity index is 399. The molecule has 98 valence electrons. The first-order valence-electron chi connectivity index (χ1n) is 6.43. The summed E-state index contributed by atoms with van der Waals surface area (Å²) in [6.07, 6.45) is 2.38. The number of benzene rings is 1. The largest absolute Gasteiger partial charge is 0.492 e. The molecule has 0 aliphatic heterocycles. The SMILES string of the molecule is CC(C(=O)NCCOc1ccc(N)cc1)C1CC1. The molecular weight excluding hydrogens is 228 g/mol. The summed E-state index contributed by atoms with van der Waals surface area (Å²) in [5.41, 5.74) is 6.29. The van der Waals surface area contributed by atoms with E-state index in [2.05, 4.69) is 5.32 Å². The van der Waals surface area contributed by atoms with Crippen LogP contribution < -0.4 is 15.8 Å². The molecule has 0 spiro atoms. The van der Waals surface area contributed by atoms with E-state index < -0.39 is 0 Å². The van der Waals surface area contributed by atoms with Crippen molar-refractivity contribution in [3.8, 4) is 5.75 Å². The van der Waals surface area contributed by atoms with Gasteiger partial charge in [-0.2, -0.15) is 0 Å². The first kappa shape index (κ1) is 12.7. The highest BCUT2D eigenvalue weighted by Gasteiger charge is 2.32. The van der Waals surface area contributed by atoms with Gasteiger partial charge in [0.2, 0.25) is 5.91 Å². The quantitative estimate of drug-likeness (QED) is 0.596. The maximum absolute atomic E-state index is 11.7. The van der Waals surface area contributed by atoms with Gasteiger partial charge in [0.15, 0.2) is 0 Å². The summed E-state index contributed by atoms with van der Waals surface area (Å²) in [5.74, 6) is 1.65. The molecule has 1 aliphatic carbocycles. The fourth-order valence-corrected chi connectivity index (χ4v) is 1.88. The van der Waals surface area contributed by atoms with Crippen LogP contribution in [-0.4, -0.2) is 19.1 Å². The van der Waals surface area contributed by atoms with Crippen molar-refractivity contribution in [2.45, 2.75) is 19.8 Å². The van der Waals surface area contributed by atoms with E-state index in [-0.39, 0.29) is 11.8 Å². The number of amides is 1. The molecule has 18 heavy (non-hydrogen) atoms. The summed E-state index contributed by atoms with van der Waals surface area (Å²) in [4.78, 5) is 11.7. The summed E-state index contributed by atoms with van der Waals surface area (Å²) < 4.78 is 5.50. The number of carbonyl (C=O) groups is 1. The highest BCUT2D eigenvalue weighted by molar-refractivity contribution is 5.78. The topological polar surface area (TPSA) is 64.3 Å². The summed E-state index contributed by atoms with van der Waals surface area (Å²) in [6.45, 7) is 3.02. The van der Waals surface area contributed by atoms with Crippen molar-refractivity contribution in [3.05, 3.63) is 24.3 Å². The van der Waals surface area contributed by atoms with E-state index in [9.17, 15) is 4.79 Å². The van der Waals surface area contributed by atoms with Crippen molar-refractivity contribution >= 4 is 11.6 Å². The Morgan fingerprint density at radius 1 is 1.44 bits per heavy atom. The van der Waals surface area contributed by atoms with Gasteiger partial charge in [0.1, 0.15) is 12.4 Å². The zero-order valence-electron chi connectivity index (χ0n) is 10.7. The van der Waals surface area contributed by atoms with Crippen molar-refractivity contribution in [1.29, 1.82) is 0 Å². The molecule has 1 aromatic rings. The molecule has 1 saturated carbocycles. The van der Waals surface area contributed by atoms with E-state index >= 15 is 0 Å². The lowest BCUT2D eigenvalue weighted by Gasteiger charge is -2.11. The van der Waals surface area contributed by atoms with Gasteiger partial charge in [0.05, 0.1) is 6.54 Å². The van der Waals surface area contributed by atoms with Crippen molar-refractivity contribution in [2.24, 2.45) is 11.8 Å². The van der Waals surface area contributed by atoms with Crippen LogP contribution in [-0.2, 0) is 4.79 Å². The number of carbonyl (C=O) groups excluding carboxylic acids is 1. The second-order valence-electron chi connectivity index (χ2n) is 4.83. The van der Waals surface area contributed by atoms with E-state index in [0.29, 0.717) is 24.8 Å². The zero-order chi connectivity index (χ0) is 13.0. The Morgan fingerprint density at radius 3 is 2.72 bits per heavy atom. The third-order valence-corrected chi connectivity index (χ3v) is 3.29. The molecule has 0 radical (unpaired) electrons. The van der Waals surface area contributed by atoms with E-state index in [1.807, 2.05) is 19.1 Å². The molecule has 1 fully saturated rings. The van der Waals surface area contributed by atoms with Crippen LogP contribution in [0.15, 0.2) is 24.3 Å². The average molecular weight is 248 g/mol. The van der Waals surface area contributed by atoms with Gasteiger partial charge >= 0.3 is 0 Å². The number of rotatable bonds is 6. The number of ether oxygens (including phenoxy) is 1. The molecule has 1 aromatic carbocycles. The minimum absolute atomic E-state index is 0.137. The molecule has 1 unspecified atom stereocenters. The van der Waals surface area contributed by atoms with Gasteiger partial charge in [-0.25, -0.2) is 0 Å². The van der Waals surface area contributed by atoms with Gasteiger partial charge in [0.25, 0.3) is 0 Å². The van der Waals surface area contributed by atoms with Gasteiger partial charge in [-0.3, -0.25) is 4.79 Å².